The van der Waals surface area contributed by atoms with E-state index in [0.29, 0.717) is 0 Å². The van der Waals surface area contributed by atoms with Crippen molar-refractivity contribution in [1.82, 2.24) is 9.97 Å². The molecule has 1 heterocycles. The minimum absolute atomic E-state index is 1.04. The van der Waals surface area contributed by atoms with Crippen LogP contribution >= 0.6 is 0 Å². The van der Waals surface area contributed by atoms with Gasteiger partial charge in [-0.15, -0.1) is 0 Å². The Hall–Kier alpha value is -1.18. The standard InChI is InChI=1S/C9H12N2/c1-4-7(2)9-8(3)5-10-6-11-9/h4-6H,1-3H3/b7-4+. The molecule has 1 rings (SSSR count). The van der Waals surface area contributed by atoms with Crippen molar-refractivity contribution >= 4 is 5.57 Å². The molecule has 0 unspecified atom stereocenters. The van der Waals surface area contributed by atoms with Crippen molar-refractivity contribution in [2.75, 3.05) is 0 Å². The molecule has 1 aromatic heterocycles. The largest absolute Gasteiger partial charge is 0.245 e. The first kappa shape index (κ1) is 7.92. The highest BCUT2D eigenvalue weighted by Gasteiger charge is 1.98. The van der Waals surface area contributed by atoms with Crippen LogP contribution in [0, 0.1) is 6.92 Å². The lowest BCUT2D eigenvalue weighted by Crippen LogP contribution is -1.91. The van der Waals surface area contributed by atoms with Gasteiger partial charge in [0, 0.05) is 6.20 Å². The molecule has 0 aliphatic carbocycles. The maximum atomic E-state index is 4.17. The molecule has 2 heteroatoms. The molecule has 0 aromatic carbocycles. The number of rotatable bonds is 1. The van der Waals surface area contributed by atoms with E-state index < -0.39 is 0 Å². The average Bonchev–Trinajstić information content (AvgIpc) is 2.04. The first-order valence-corrected chi connectivity index (χ1v) is 3.65. The monoisotopic (exact) mass is 148 g/mol. The summed E-state index contributed by atoms with van der Waals surface area (Å²) in [5.74, 6) is 0. The number of allylic oxidation sites excluding steroid dienone is 2. The Morgan fingerprint density at radius 3 is 2.82 bits per heavy atom. The maximum absolute atomic E-state index is 4.17. The van der Waals surface area contributed by atoms with E-state index in [1.807, 2.05) is 20.0 Å². The highest BCUT2D eigenvalue weighted by atomic mass is 14.8. The second-order valence-electron chi connectivity index (χ2n) is 2.53. The molecule has 0 atom stereocenters. The van der Waals surface area contributed by atoms with Gasteiger partial charge in [0.25, 0.3) is 0 Å². The van der Waals surface area contributed by atoms with E-state index in [1.54, 1.807) is 6.33 Å². The molecule has 0 spiro atoms. The minimum atomic E-state index is 1.04. The molecule has 0 bridgehead atoms. The van der Waals surface area contributed by atoms with Crippen molar-refractivity contribution in [3.8, 4) is 0 Å². The van der Waals surface area contributed by atoms with Gasteiger partial charge in [-0.25, -0.2) is 9.97 Å². The first-order chi connectivity index (χ1) is 5.25. The van der Waals surface area contributed by atoms with Gasteiger partial charge < -0.3 is 0 Å². The van der Waals surface area contributed by atoms with Crippen molar-refractivity contribution in [3.63, 3.8) is 0 Å². The predicted molar refractivity (Wildman–Crippen MR) is 46.1 cm³/mol. The lowest BCUT2D eigenvalue weighted by molar-refractivity contribution is 1.10. The van der Waals surface area contributed by atoms with E-state index in [4.69, 9.17) is 0 Å². The van der Waals surface area contributed by atoms with E-state index in [0.717, 1.165) is 11.3 Å². The van der Waals surface area contributed by atoms with Gasteiger partial charge in [-0.3, -0.25) is 0 Å². The van der Waals surface area contributed by atoms with Gasteiger partial charge in [0.1, 0.15) is 6.33 Å². The van der Waals surface area contributed by atoms with Crippen molar-refractivity contribution < 1.29 is 0 Å². The van der Waals surface area contributed by atoms with Crippen molar-refractivity contribution in [3.05, 3.63) is 29.9 Å². The normalized spacial score (nSPS) is 11.7. The third-order valence-electron chi connectivity index (χ3n) is 1.70. The molecular formula is C9H12N2. The van der Waals surface area contributed by atoms with Crippen LogP contribution in [0.1, 0.15) is 25.1 Å². The summed E-state index contributed by atoms with van der Waals surface area (Å²) in [4.78, 5) is 8.09. The molecule has 11 heavy (non-hydrogen) atoms. The first-order valence-electron chi connectivity index (χ1n) is 3.65. The van der Waals surface area contributed by atoms with Gasteiger partial charge in [-0.1, -0.05) is 6.08 Å². The van der Waals surface area contributed by atoms with E-state index in [-0.39, 0.29) is 0 Å². The number of hydrogen-bond donors (Lipinski definition) is 0. The van der Waals surface area contributed by atoms with Gasteiger partial charge in [-0.05, 0) is 31.9 Å². The number of nitrogens with zero attached hydrogens (tertiary/aromatic N) is 2. The fourth-order valence-corrected chi connectivity index (χ4v) is 0.949. The molecule has 0 aliphatic heterocycles. The fraction of sp³-hybridized carbons (Fsp3) is 0.333. The highest BCUT2D eigenvalue weighted by molar-refractivity contribution is 5.62. The summed E-state index contributed by atoms with van der Waals surface area (Å²) < 4.78 is 0. The van der Waals surface area contributed by atoms with Crippen LogP contribution in [-0.2, 0) is 0 Å². The molecule has 0 saturated carbocycles. The second kappa shape index (κ2) is 3.28. The van der Waals surface area contributed by atoms with Crippen LogP contribution in [0.25, 0.3) is 5.57 Å². The summed E-state index contributed by atoms with van der Waals surface area (Å²) in [6.07, 6.45) is 5.46. The van der Waals surface area contributed by atoms with Gasteiger partial charge in [-0.2, -0.15) is 0 Å². The molecule has 1 aromatic rings. The molecule has 0 radical (unpaired) electrons. The maximum Gasteiger partial charge on any atom is 0.116 e. The zero-order valence-electron chi connectivity index (χ0n) is 7.13. The van der Waals surface area contributed by atoms with E-state index in [9.17, 15) is 0 Å². The van der Waals surface area contributed by atoms with Crippen LogP contribution in [0.4, 0.5) is 0 Å². The third kappa shape index (κ3) is 1.64. The number of hydrogen-bond acceptors (Lipinski definition) is 2. The third-order valence-corrected chi connectivity index (χ3v) is 1.70. The lowest BCUT2D eigenvalue weighted by Gasteiger charge is -2.01. The zero-order valence-corrected chi connectivity index (χ0v) is 7.13. The summed E-state index contributed by atoms with van der Waals surface area (Å²) >= 11 is 0. The molecule has 0 fully saturated rings. The molecule has 0 amide bonds. The Morgan fingerprint density at radius 2 is 2.27 bits per heavy atom. The second-order valence-corrected chi connectivity index (χ2v) is 2.53. The Morgan fingerprint density at radius 1 is 1.55 bits per heavy atom. The summed E-state index contributed by atoms with van der Waals surface area (Å²) in [6, 6.07) is 0. The summed E-state index contributed by atoms with van der Waals surface area (Å²) in [6.45, 7) is 6.08. The smallest absolute Gasteiger partial charge is 0.116 e. The molecule has 2 nitrogen and oxygen atoms in total. The SMILES string of the molecule is C/C=C(\C)c1ncncc1C. The number of aryl methyl sites for hydroxylation is 1. The van der Waals surface area contributed by atoms with Crippen molar-refractivity contribution in [1.29, 1.82) is 0 Å². The topological polar surface area (TPSA) is 25.8 Å². The van der Waals surface area contributed by atoms with Crippen LogP contribution in [0.3, 0.4) is 0 Å². The van der Waals surface area contributed by atoms with Crippen molar-refractivity contribution in [2.45, 2.75) is 20.8 Å². The molecule has 0 aliphatic rings. The molecular weight excluding hydrogens is 136 g/mol. The van der Waals surface area contributed by atoms with Gasteiger partial charge >= 0.3 is 0 Å². The number of aromatic nitrogens is 2. The quantitative estimate of drug-likeness (QED) is 0.610. The Bertz CT molecular complexity index is 277. The minimum Gasteiger partial charge on any atom is -0.245 e. The van der Waals surface area contributed by atoms with Crippen LogP contribution in [0.5, 0.6) is 0 Å². The Balaban J connectivity index is 3.14. The Kier molecular flexibility index (Phi) is 2.36. The van der Waals surface area contributed by atoms with Crippen molar-refractivity contribution in [2.24, 2.45) is 0 Å². The van der Waals surface area contributed by atoms with Crippen LogP contribution in [0.15, 0.2) is 18.6 Å². The van der Waals surface area contributed by atoms with Gasteiger partial charge in [0.2, 0.25) is 0 Å². The van der Waals surface area contributed by atoms with E-state index in [2.05, 4.69) is 23.0 Å². The van der Waals surface area contributed by atoms with Crippen LogP contribution in [-0.4, -0.2) is 9.97 Å². The summed E-state index contributed by atoms with van der Waals surface area (Å²) in [7, 11) is 0. The van der Waals surface area contributed by atoms with E-state index >= 15 is 0 Å². The van der Waals surface area contributed by atoms with Gasteiger partial charge in [0.15, 0.2) is 0 Å². The fourth-order valence-electron chi connectivity index (χ4n) is 0.949. The zero-order chi connectivity index (χ0) is 8.27. The molecule has 0 saturated heterocycles. The average molecular weight is 148 g/mol. The predicted octanol–water partition coefficient (Wildman–Crippen LogP) is 2.21. The van der Waals surface area contributed by atoms with Crippen LogP contribution in [0.2, 0.25) is 0 Å². The summed E-state index contributed by atoms with van der Waals surface area (Å²) in [5.41, 5.74) is 3.37. The molecule has 58 valence electrons. The van der Waals surface area contributed by atoms with Crippen LogP contribution < -0.4 is 0 Å². The highest BCUT2D eigenvalue weighted by Crippen LogP contribution is 2.12. The summed E-state index contributed by atoms with van der Waals surface area (Å²) in [5, 5.41) is 0. The van der Waals surface area contributed by atoms with Gasteiger partial charge in [0.05, 0.1) is 5.69 Å². The molecule has 0 N–H and O–H groups in total. The lowest BCUT2D eigenvalue weighted by atomic mass is 10.1. The Labute approximate surface area is 67.0 Å². The van der Waals surface area contributed by atoms with E-state index in [1.165, 1.54) is 5.57 Å².